The molecule has 2 aromatic rings. The van der Waals surface area contributed by atoms with Gasteiger partial charge in [0.25, 0.3) is 11.6 Å². The van der Waals surface area contributed by atoms with Crippen LogP contribution in [0.15, 0.2) is 58.7 Å². The average Bonchev–Trinajstić information content (AvgIpc) is 2.62. The molecule has 1 N–H and O–H groups in total. The Bertz CT molecular complexity index is 879. The standard InChI is InChI=1S/C18H15BrN2O5/c1-2-26-18(23)16(11-12-6-5-7-13(10-12)21(24)25)20-17(22)14-8-3-4-9-15(14)19/h3-11H,2H2,1H3,(H,20,22)/b16-11-. The number of non-ortho nitro benzene ring substituents is 1. The van der Waals surface area contributed by atoms with Crippen molar-refractivity contribution in [3.8, 4) is 0 Å². The van der Waals surface area contributed by atoms with Crippen LogP contribution in [0.3, 0.4) is 0 Å². The number of nitro benzene ring substituents is 1. The summed E-state index contributed by atoms with van der Waals surface area (Å²) in [4.78, 5) is 35.0. The van der Waals surface area contributed by atoms with Gasteiger partial charge < -0.3 is 10.1 Å². The summed E-state index contributed by atoms with van der Waals surface area (Å²) in [6.07, 6.45) is 1.33. The number of nitro groups is 1. The molecule has 0 spiro atoms. The number of halogens is 1. The number of rotatable bonds is 6. The Morgan fingerprint density at radius 3 is 2.62 bits per heavy atom. The van der Waals surface area contributed by atoms with Crippen LogP contribution in [0.2, 0.25) is 0 Å². The molecule has 0 saturated heterocycles. The van der Waals surface area contributed by atoms with Crippen molar-refractivity contribution in [2.45, 2.75) is 6.92 Å². The first-order valence-electron chi connectivity index (χ1n) is 7.61. The highest BCUT2D eigenvalue weighted by Gasteiger charge is 2.17. The van der Waals surface area contributed by atoms with Gasteiger partial charge in [0.05, 0.1) is 17.1 Å². The van der Waals surface area contributed by atoms with Crippen molar-refractivity contribution in [1.82, 2.24) is 5.32 Å². The summed E-state index contributed by atoms with van der Waals surface area (Å²) >= 11 is 3.28. The fourth-order valence-electron chi connectivity index (χ4n) is 2.08. The molecule has 0 radical (unpaired) electrons. The van der Waals surface area contributed by atoms with Crippen LogP contribution in [0.4, 0.5) is 5.69 Å². The predicted molar refractivity (Wildman–Crippen MR) is 99.3 cm³/mol. The Labute approximate surface area is 157 Å². The lowest BCUT2D eigenvalue weighted by atomic mass is 10.1. The van der Waals surface area contributed by atoms with Gasteiger partial charge >= 0.3 is 5.97 Å². The van der Waals surface area contributed by atoms with Gasteiger partial charge in [-0.1, -0.05) is 24.3 Å². The molecule has 0 aliphatic heterocycles. The van der Waals surface area contributed by atoms with Gasteiger partial charge in [-0.05, 0) is 46.6 Å². The lowest BCUT2D eigenvalue weighted by Gasteiger charge is -2.10. The second kappa shape index (κ2) is 8.91. The summed E-state index contributed by atoms with van der Waals surface area (Å²) in [5.41, 5.74) is 0.476. The van der Waals surface area contributed by atoms with E-state index in [0.717, 1.165) is 0 Å². The van der Waals surface area contributed by atoms with Gasteiger partial charge in [-0.3, -0.25) is 14.9 Å². The zero-order chi connectivity index (χ0) is 19.1. The first kappa shape index (κ1) is 19.3. The first-order chi connectivity index (χ1) is 12.4. The van der Waals surface area contributed by atoms with Gasteiger partial charge in [0.15, 0.2) is 0 Å². The highest BCUT2D eigenvalue weighted by molar-refractivity contribution is 9.10. The van der Waals surface area contributed by atoms with E-state index in [1.807, 2.05) is 0 Å². The van der Waals surface area contributed by atoms with E-state index in [0.29, 0.717) is 15.6 Å². The molecule has 2 aromatic carbocycles. The number of nitrogens with one attached hydrogen (secondary N) is 1. The normalized spacial score (nSPS) is 10.9. The maximum Gasteiger partial charge on any atom is 0.354 e. The van der Waals surface area contributed by atoms with E-state index in [2.05, 4.69) is 21.2 Å². The molecule has 1 amide bonds. The minimum Gasteiger partial charge on any atom is -0.461 e. The fraction of sp³-hybridized carbons (Fsp3) is 0.111. The predicted octanol–water partition coefficient (Wildman–Crippen LogP) is 3.69. The molecule has 0 fully saturated rings. The molecule has 8 heteroatoms. The number of nitrogens with zero attached hydrogens (tertiary/aromatic N) is 1. The zero-order valence-electron chi connectivity index (χ0n) is 13.8. The molecule has 26 heavy (non-hydrogen) atoms. The number of carbonyl (C=O) groups excluding carboxylic acids is 2. The largest absolute Gasteiger partial charge is 0.461 e. The number of hydrogen-bond donors (Lipinski definition) is 1. The monoisotopic (exact) mass is 418 g/mol. The summed E-state index contributed by atoms with van der Waals surface area (Å²) in [6, 6.07) is 12.4. The molecule has 0 saturated carbocycles. The highest BCUT2D eigenvalue weighted by atomic mass is 79.9. The molecule has 0 aliphatic carbocycles. The lowest BCUT2D eigenvalue weighted by Crippen LogP contribution is -2.28. The van der Waals surface area contributed by atoms with E-state index in [-0.39, 0.29) is 18.0 Å². The third-order valence-corrected chi connectivity index (χ3v) is 3.95. The van der Waals surface area contributed by atoms with Gasteiger partial charge in [-0.25, -0.2) is 4.79 Å². The smallest absolute Gasteiger partial charge is 0.354 e. The van der Waals surface area contributed by atoms with Crippen molar-refractivity contribution in [2.24, 2.45) is 0 Å². The van der Waals surface area contributed by atoms with Crippen LogP contribution < -0.4 is 5.32 Å². The summed E-state index contributed by atoms with van der Waals surface area (Å²) in [7, 11) is 0. The Hall–Kier alpha value is -3.00. The second-order valence-electron chi connectivity index (χ2n) is 5.06. The molecule has 0 atom stereocenters. The molecule has 0 heterocycles. The Morgan fingerprint density at radius 2 is 1.96 bits per heavy atom. The van der Waals surface area contributed by atoms with Crippen molar-refractivity contribution in [2.75, 3.05) is 6.61 Å². The van der Waals surface area contributed by atoms with E-state index in [9.17, 15) is 19.7 Å². The number of benzene rings is 2. The number of carbonyl (C=O) groups is 2. The Balaban J connectivity index is 2.36. The molecule has 0 unspecified atom stereocenters. The number of ether oxygens (including phenoxy) is 1. The second-order valence-corrected chi connectivity index (χ2v) is 5.92. The lowest BCUT2D eigenvalue weighted by molar-refractivity contribution is -0.384. The first-order valence-corrected chi connectivity index (χ1v) is 8.40. The van der Waals surface area contributed by atoms with Gasteiger partial charge in [0.2, 0.25) is 0 Å². The molecular weight excluding hydrogens is 404 g/mol. The van der Waals surface area contributed by atoms with Crippen LogP contribution in [0.1, 0.15) is 22.8 Å². The van der Waals surface area contributed by atoms with Crippen molar-refractivity contribution < 1.29 is 19.2 Å². The van der Waals surface area contributed by atoms with Crippen molar-refractivity contribution in [1.29, 1.82) is 0 Å². The topological polar surface area (TPSA) is 98.5 Å². The summed E-state index contributed by atoms with van der Waals surface area (Å²) in [6.45, 7) is 1.76. The van der Waals surface area contributed by atoms with Crippen LogP contribution in [0, 0.1) is 10.1 Å². The Kier molecular flexibility index (Phi) is 6.62. The fourth-order valence-corrected chi connectivity index (χ4v) is 2.55. The third-order valence-electron chi connectivity index (χ3n) is 3.25. The minimum atomic E-state index is -0.737. The quantitative estimate of drug-likeness (QED) is 0.333. The van der Waals surface area contributed by atoms with Crippen molar-refractivity contribution in [3.63, 3.8) is 0 Å². The molecule has 134 valence electrons. The maximum atomic E-state index is 12.5. The van der Waals surface area contributed by atoms with Gasteiger partial charge in [0, 0.05) is 16.6 Å². The number of hydrogen-bond acceptors (Lipinski definition) is 5. The van der Waals surface area contributed by atoms with E-state index in [4.69, 9.17) is 4.74 Å². The van der Waals surface area contributed by atoms with E-state index in [1.54, 1.807) is 37.3 Å². The molecule has 0 bridgehead atoms. The van der Waals surface area contributed by atoms with Gasteiger partial charge in [-0.2, -0.15) is 0 Å². The van der Waals surface area contributed by atoms with Crippen LogP contribution in [-0.4, -0.2) is 23.4 Å². The molecule has 0 aliphatic rings. The van der Waals surface area contributed by atoms with Gasteiger partial charge in [0.1, 0.15) is 5.70 Å². The van der Waals surface area contributed by atoms with Crippen LogP contribution in [-0.2, 0) is 9.53 Å². The van der Waals surface area contributed by atoms with E-state index >= 15 is 0 Å². The summed E-state index contributed by atoms with van der Waals surface area (Å²) in [5.74, 6) is -1.25. The van der Waals surface area contributed by atoms with Gasteiger partial charge in [-0.15, -0.1) is 0 Å². The van der Waals surface area contributed by atoms with Crippen molar-refractivity contribution in [3.05, 3.63) is 79.9 Å². The van der Waals surface area contributed by atoms with Crippen molar-refractivity contribution >= 4 is 39.6 Å². The van der Waals surface area contributed by atoms with E-state index < -0.39 is 16.8 Å². The summed E-state index contributed by atoms with van der Waals surface area (Å²) < 4.78 is 5.52. The molecule has 0 aromatic heterocycles. The third kappa shape index (κ3) is 5.00. The number of amides is 1. The molecule has 2 rings (SSSR count). The molecule has 7 nitrogen and oxygen atoms in total. The van der Waals surface area contributed by atoms with Crippen LogP contribution in [0.5, 0.6) is 0 Å². The highest BCUT2D eigenvalue weighted by Crippen LogP contribution is 2.18. The maximum absolute atomic E-state index is 12.5. The summed E-state index contributed by atoms with van der Waals surface area (Å²) in [5, 5.41) is 13.4. The zero-order valence-corrected chi connectivity index (χ0v) is 15.4. The Morgan fingerprint density at radius 1 is 1.23 bits per heavy atom. The minimum absolute atomic E-state index is 0.117. The van der Waals surface area contributed by atoms with Crippen LogP contribution >= 0.6 is 15.9 Å². The number of esters is 1. The average molecular weight is 419 g/mol. The van der Waals surface area contributed by atoms with E-state index in [1.165, 1.54) is 24.3 Å². The SMILES string of the molecule is CCOC(=O)/C(=C/c1cccc([N+](=O)[O-])c1)NC(=O)c1ccccc1Br. The van der Waals surface area contributed by atoms with Crippen LogP contribution in [0.25, 0.3) is 6.08 Å². The molecular formula is C18H15BrN2O5.